The quantitative estimate of drug-likeness (QED) is 0.0353. The topological polar surface area (TPSA) is 61.8 Å². The maximum absolute atomic E-state index is 12.7. The Balaban J connectivity index is 4.24. The van der Waals surface area contributed by atoms with Gasteiger partial charge in [-0.15, -0.1) is 0 Å². The first kappa shape index (κ1) is 51.9. The number of carbonyl (C=O) groups is 2. The van der Waals surface area contributed by atoms with Crippen molar-refractivity contribution in [2.75, 3.05) is 19.8 Å². The molecule has 0 aromatic heterocycles. The summed E-state index contributed by atoms with van der Waals surface area (Å²) in [5, 5.41) is 0. The van der Waals surface area contributed by atoms with Gasteiger partial charge in [0.05, 0.1) is 6.61 Å². The summed E-state index contributed by atoms with van der Waals surface area (Å²) >= 11 is 0. The van der Waals surface area contributed by atoms with Crippen molar-refractivity contribution in [2.24, 2.45) is 0 Å². The Morgan fingerprint density at radius 3 is 1.33 bits per heavy atom. The minimum Gasteiger partial charge on any atom is -0.462 e. The number of rotatable bonds is 42. The second-order valence-corrected chi connectivity index (χ2v) is 15.3. The standard InChI is InChI=1S/C49H88O5/c1-4-7-10-13-16-19-21-23-24-25-27-29-32-35-38-41-44-52-45-47(54-49(51)43-40-37-34-30-18-15-12-9-6-3)46-53-48(50)42-39-36-33-31-28-26-22-20-17-14-11-8-5-2/h11,14,16,19-20,22-24,47H,4-10,12-13,15,17-18,21,25-46H2,1-3H3/b14-11-,19-16-,22-20-,24-23-. The molecule has 0 heterocycles. The highest BCUT2D eigenvalue weighted by molar-refractivity contribution is 5.70. The van der Waals surface area contributed by atoms with E-state index in [1.807, 2.05) is 0 Å². The second-order valence-electron chi connectivity index (χ2n) is 15.3. The Hall–Kier alpha value is -2.14. The zero-order valence-corrected chi connectivity index (χ0v) is 36.0. The summed E-state index contributed by atoms with van der Waals surface area (Å²) in [7, 11) is 0. The van der Waals surface area contributed by atoms with Gasteiger partial charge in [0.15, 0.2) is 6.10 Å². The van der Waals surface area contributed by atoms with Crippen LogP contribution in [0.4, 0.5) is 0 Å². The smallest absolute Gasteiger partial charge is 0.306 e. The number of ether oxygens (including phenoxy) is 3. The third kappa shape index (κ3) is 42.6. The SMILES string of the molecule is CCC/C=C\C/C=C\CCCCCCCC(=O)OCC(COCCCCCCCC/C=C\C/C=C\CCCCC)OC(=O)CCCCCCCCCCC. The summed E-state index contributed by atoms with van der Waals surface area (Å²) in [5.74, 6) is -0.418. The van der Waals surface area contributed by atoms with Gasteiger partial charge in [0, 0.05) is 19.4 Å². The molecule has 1 unspecified atom stereocenters. The van der Waals surface area contributed by atoms with E-state index in [-0.39, 0.29) is 25.2 Å². The molecule has 0 N–H and O–H groups in total. The average Bonchev–Trinajstić information content (AvgIpc) is 3.17. The first-order chi connectivity index (χ1) is 26.6. The van der Waals surface area contributed by atoms with E-state index in [0.717, 1.165) is 64.2 Å². The van der Waals surface area contributed by atoms with Crippen LogP contribution in [0.2, 0.25) is 0 Å². The highest BCUT2D eigenvalue weighted by Gasteiger charge is 2.17. The van der Waals surface area contributed by atoms with Crippen molar-refractivity contribution in [3.8, 4) is 0 Å². The van der Waals surface area contributed by atoms with Crippen LogP contribution < -0.4 is 0 Å². The van der Waals surface area contributed by atoms with Gasteiger partial charge in [-0.1, -0.05) is 185 Å². The number of carbonyl (C=O) groups excluding carboxylic acids is 2. The van der Waals surface area contributed by atoms with E-state index in [0.29, 0.717) is 19.4 Å². The van der Waals surface area contributed by atoms with Crippen molar-refractivity contribution in [3.05, 3.63) is 48.6 Å². The largest absolute Gasteiger partial charge is 0.462 e. The van der Waals surface area contributed by atoms with Crippen LogP contribution in [0.25, 0.3) is 0 Å². The number of allylic oxidation sites excluding steroid dienone is 8. The molecule has 0 fully saturated rings. The van der Waals surface area contributed by atoms with Gasteiger partial charge in [0.2, 0.25) is 0 Å². The van der Waals surface area contributed by atoms with Crippen molar-refractivity contribution in [2.45, 2.75) is 232 Å². The van der Waals surface area contributed by atoms with E-state index in [1.165, 1.54) is 128 Å². The molecule has 314 valence electrons. The molecule has 0 bridgehead atoms. The molecule has 0 rings (SSSR count). The Morgan fingerprint density at radius 2 is 0.815 bits per heavy atom. The number of hydrogen-bond donors (Lipinski definition) is 0. The highest BCUT2D eigenvalue weighted by atomic mass is 16.6. The zero-order chi connectivity index (χ0) is 39.3. The van der Waals surface area contributed by atoms with Crippen LogP contribution in [0.15, 0.2) is 48.6 Å². The minimum absolute atomic E-state index is 0.0754. The lowest BCUT2D eigenvalue weighted by Crippen LogP contribution is -2.30. The van der Waals surface area contributed by atoms with Crippen molar-refractivity contribution in [1.29, 1.82) is 0 Å². The van der Waals surface area contributed by atoms with Crippen LogP contribution in [0.3, 0.4) is 0 Å². The summed E-state index contributed by atoms with van der Waals surface area (Å²) in [6.07, 6.45) is 53.9. The molecule has 0 aromatic rings. The maximum atomic E-state index is 12.7. The normalized spacial score (nSPS) is 12.6. The van der Waals surface area contributed by atoms with E-state index in [4.69, 9.17) is 14.2 Å². The van der Waals surface area contributed by atoms with Gasteiger partial charge in [0.1, 0.15) is 6.61 Å². The molecule has 0 amide bonds. The number of unbranched alkanes of at least 4 members (excludes halogenated alkanes) is 23. The molecule has 0 spiro atoms. The van der Waals surface area contributed by atoms with Gasteiger partial charge in [-0.2, -0.15) is 0 Å². The summed E-state index contributed by atoms with van der Waals surface area (Å²) in [4.78, 5) is 25.2. The molecule has 5 nitrogen and oxygen atoms in total. The summed E-state index contributed by atoms with van der Waals surface area (Å²) in [6, 6.07) is 0. The molecule has 0 saturated carbocycles. The van der Waals surface area contributed by atoms with Crippen LogP contribution in [-0.2, 0) is 23.8 Å². The first-order valence-electron chi connectivity index (χ1n) is 23.2. The van der Waals surface area contributed by atoms with Crippen LogP contribution in [0.1, 0.15) is 226 Å². The van der Waals surface area contributed by atoms with Crippen molar-refractivity contribution in [1.82, 2.24) is 0 Å². The van der Waals surface area contributed by atoms with E-state index in [9.17, 15) is 9.59 Å². The highest BCUT2D eigenvalue weighted by Crippen LogP contribution is 2.13. The van der Waals surface area contributed by atoms with E-state index >= 15 is 0 Å². The molecule has 54 heavy (non-hydrogen) atoms. The van der Waals surface area contributed by atoms with E-state index < -0.39 is 6.10 Å². The molecular formula is C49H88O5. The molecule has 0 aliphatic carbocycles. The molecule has 0 saturated heterocycles. The van der Waals surface area contributed by atoms with Crippen molar-refractivity contribution in [3.63, 3.8) is 0 Å². The van der Waals surface area contributed by atoms with Crippen molar-refractivity contribution < 1.29 is 23.8 Å². The lowest BCUT2D eigenvalue weighted by atomic mass is 10.1. The van der Waals surface area contributed by atoms with Gasteiger partial charge in [-0.3, -0.25) is 9.59 Å². The Bertz CT molecular complexity index is 904. The fourth-order valence-electron chi connectivity index (χ4n) is 6.34. The maximum Gasteiger partial charge on any atom is 0.306 e. The van der Waals surface area contributed by atoms with Gasteiger partial charge < -0.3 is 14.2 Å². The Labute approximate surface area is 335 Å². The van der Waals surface area contributed by atoms with Gasteiger partial charge in [0.25, 0.3) is 0 Å². The average molecular weight is 757 g/mol. The van der Waals surface area contributed by atoms with Crippen LogP contribution >= 0.6 is 0 Å². The zero-order valence-electron chi connectivity index (χ0n) is 36.0. The molecular weight excluding hydrogens is 669 g/mol. The van der Waals surface area contributed by atoms with Gasteiger partial charge in [-0.05, 0) is 77.0 Å². The first-order valence-corrected chi connectivity index (χ1v) is 23.2. The summed E-state index contributed by atoms with van der Waals surface area (Å²) in [5.41, 5.74) is 0. The minimum atomic E-state index is -0.542. The predicted octanol–water partition coefficient (Wildman–Crippen LogP) is 15.2. The molecule has 1 atom stereocenters. The third-order valence-corrected chi connectivity index (χ3v) is 9.82. The van der Waals surface area contributed by atoms with Crippen LogP contribution in [-0.4, -0.2) is 37.9 Å². The molecule has 0 radical (unpaired) electrons. The lowest BCUT2D eigenvalue weighted by molar-refractivity contribution is -0.163. The summed E-state index contributed by atoms with van der Waals surface area (Å²) < 4.78 is 17.3. The molecule has 0 aliphatic heterocycles. The summed E-state index contributed by atoms with van der Waals surface area (Å²) in [6.45, 7) is 7.69. The fourth-order valence-corrected chi connectivity index (χ4v) is 6.34. The number of esters is 2. The fraction of sp³-hybridized carbons (Fsp3) is 0.796. The molecule has 5 heteroatoms. The predicted molar refractivity (Wildman–Crippen MR) is 233 cm³/mol. The monoisotopic (exact) mass is 757 g/mol. The second kappa shape index (κ2) is 45.3. The van der Waals surface area contributed by atoms with Crippen LogP contribution in [0.5, 0.6) is 0 Å². The Morgan fingerprint density at radius 1 is 0.407 bits per heavy atom. The van der Waals surface area contributed by atoms with Gasteiger partial charge in [-0.25, -0.2) is 0 Å². The van der Waals surface area contributed by atoms with Crippen molar-refractivity contribution >= 4 is 11.9 Å². The van der Waals surface area contributed by atoms with E-state index in [1.54, 1.807) is 0 Å². The van der Waals surface area contributed by atoms with Crippen LogP contribution in [0, 0.1) is 0 Å². The lowest BCUT2D eigenvalue weighted by Gasteiger charge is -2.18. The Kier molecular flexibility index (Phi) is 43.5. The third-order valence-electron chi connectivity index (χ3n) is 9.82. The number of hydrogen-bond acceptors (Lipinski definition) is 5. The molecule has 0 aromatic carbocycles. The van der Waals surface area contributed by atoms with Gasteiger partial charge >= 0.3 is 11.9 Å². The van der Waals surface area contributed by atoms with E-state index in [2.05, 4.69) is 69.4 Å². The molecule has 0 aliphatic rings.